The Bertz CT molecular complexity index is 1060. The van der Waals surface area contributed by atoms with E-state index in [9.17, 15) is 22.8 Å². The van der Waals surface area contributed by atoms with Gasteiger partial charge in [-0.2, -0.15) is 13.2 Å². The first-order valence-electron chi connectivity index (χ1n) is 9.76. The largest absolute Gasteiger partial charge is 0.478 e. The molecule has 0 saturated heterocycles. The fourth-order valence-electron chi connectivity index (χ4n) is 3.01. The molecule has 0 unspecified atom stereocenters. The second-order valence-electron chi connectivity index (χ2n) is 7.03. The highest BCUT2D eigenvalue weighted by Crippen LogP contribution is 2.32. The molecule has 1 heterocycles. The number of amides is 1. The van der Waals surface area contributed by atoms with Crippen molar-refractivity contribution < 1.29 is 27.9 Å². The van der Waals surface area contributed by atoms with Gasteiger partial charge in [-0.25, -0.2) is 4.79 Å². The van der Waals surface area contributed by atoms with E-state index in [2.05, 4.69) is 20.9 Å². The van der Waals surface area contributed by atoms with Gasteiger partial charge in [0.1, 0.15) is 0 Å². The van der Waals surface area contributed by atoms with Gasteiger partial charge in [-0.05, 0) is 47.9 Å². The zero-order chi connectivity index (χ0) is 23.1. The molecule has 0 bridgehead atoms. The van der Waals surface area contributed by atoms with E-state index >= 15 is 0 Å². The third kappa shape index (κ3) is 6.59. The van der Waals surface area contributed by atoms with Gasteiger partial charge in [0, 0.05) is 37.0 Å². The lowest BCUT2D eigenvalue weighted by Gasteiger charge is -2.18. The number of carboxylic acid groups (broad SMARTS) is 1. The smallest absolute Gasteiger partial charge is 0.416 e. The summed E-state index contributed by atoms with van der Waals surface area (Å²) in [6.07, 6.45) is -1.41. The number of aliphatic imine (C=N–C) groups is 1. The highest BCUT2D eigenvalue weighted by Gasteiger charge is 2.32. The lowest BCUT2D eigenvalue weighted by Crippen LogP contribution is -2.35. The summed E-state index contributed by atoms with van der Waals surface area (Å²) < 4.78 is 40.1. The van der Waals surface area contributed by atoms with Crippen molar-refractivity contribution in [2.45, 2.75) is 19.1 Å². The summed E-state index contributed by atoms with van der Waals surface area (Å²) in [5.41, 5.74) is 0.270. The van der Waals surface area contributed by atoms with Gasteiger partial charge in [0.05, 0.1) is 5.56 Å². The molecule has 7 nitrogen and oxygen atoms in total. The third-order valence-corrected chi connectivity index (χ3v) is 4.50. The van der Waals surface area contributed by atoms with Crippen LogP contribution in [0.25, 0.3) is 6.08 Å². The van der Waals surface area contributed by atoms with Gasteiger partial charge in [0.15, 0.2) is 5.96 Å². The van der Waals surface area contributed by atoms with E-state index in [1.54, 1.807) is 24.3 Å². The normalized spacial score (nSPS) is 13.9. The SMILES string of the molecule is O=C(O)C=Cc1cccc(CNC(=O)c2cc(NC3=NCCCN3)cc(C(F)(F)F)c2)c1. The van der Waals surface area contributed by atoms with Crippen molar-refractivity contribution in [3.63, 3.8) is 0 Å². The van der Waals surface area contributed by atoms with Crippen molar-refractivity contribution in [3.05, 3.63) is 70.8 Å². The minimum Gasteiger partial charge on any atom is -0.478 e. The van der Waals surface area contributed by atoms with E-state index in [1.807, 2.05) is 0 Å². The summed E-state index contributed by atoms with van der Waals surface area (Å²) in [7, 11) is 0. The Labute approximate surface area is 182 Å². The van der Waals surface area contributed by atoms with Gasteiger partial charge in [0.2, 0.25) is 0 Å². The van der Waals surface area contributed by atoms with Gasteiger partial charge in [0.25, 0.3) is 5.91 Å². The van der Waals surface area contributed by atoms with E-state index in [0.717, 1.165) is 24.6 Å². The number of rotatable bonds is 6. The fourth-order valence-corrected chi connectivity index (χ4v) is 3.01. The molecule has 1 amide bonds. The van der Waals surface area contributed by atoms with Crippen molar-refractivity contribution in [2.75, 3.05) is 18.4 Å². The summed E-state index contributed by atoms with van der Waals surface area (Å²) in [5, 5.41) is 17.1. The molecule has 0 spiro atoms. The van der Waals surface area contributed by atoms with Crippen molar-refractivity contribution in [3.8, 4) is 0 Å². The quantitative estimate of drug-likeness (QED) is 0.509. The zero-order valence-electron chi connectivity index (χ0n) is 16.9. The van der Waals surface area contributed by atoms with Crippen LogP contribution in [0.2, 0.25) is 0 Å². The maximum Gasteiger partial charge on any atom is 0.416 e. The number of anilines is 1. The molecule has 2 aromatic carbocycles. The van der Waals surface area contributed by atoms with Crippen LogP contribution in [0.1, 0.15) is 33.5 Å². The van der Waals surface area contributed by atoms with Crippen LogP contribution < -0.4 is 16.0 Å². The Morgan fingerprint density at radius 3 is 2.69 bits per heavy atom. The molecule has 168 valence electrons. The highest BCUT2D eigenvalue weighted by molar-refractivity contribution is 5.98. The number of aliphatic carboxylic acids is 1. The number of hydrogen-bond acceptors (Lipinski definition) is 5. The van der Waals surface area contributed by atoms with Crippen molar-refractivity contribution in [1.82, 2.24) is 10.6 Å². The number of carboxylic acids is 1. The number of hydrogen-bond donors (Lipinski definition) is 4. The molecule has 10 heteroatoms. The molecule has 0 radical (unpaired) electrons. The zero-order valence-corrected chi connectivity index (χ0v) is 16.9. The summed E-state index contributed by atoms with van der Waals surface area (Å²) in [4.78, 5) is 27.4. The Morgan fingerprint density at radius 2 is 2.00 bits per heavy atom. The summed E-state index contributed by atoms with van der Waals surface area (Å²) in [5.74, 6) is -1.41. The van der Waals surface area contributed by atoms with Crippen LogP contribution in [0.15, 0.2) is 53.5 Å². The molecule has 1 aliphatic rings. The van der Waals surface area contributed by atoms with Crippen LogP contribution >= 0.6 is 0 Å². The Morgan fingerprint density at radius 1 is 1.19 bits per heavy atom. The lowest BCUT2D eigenvalue weighted by atomic mass is 10.1. The molecule has 4 N–H and O–H groups in total. The summed E-state index contributed by atoms with van der Waals surface area (Å²) >= 11 is 0. The molecule has 0 aliphatic carbocycles. The second kappa shape index (κ2) is 9.99. The molecular weight excluding hydrogens is 425 g/mol. The topological polar surface area (TPSA) is 103 Å². The first-order valence-corrected chi connectivity index (χ1v) is 9.76. The summed E-state index contributed by atoms with van der Waals surface area (Å²) in [6, 6.07) is 9.81. The maximum absolute atomic E-state index is 13.4. The number of halogens is 3. The van der Waals surface area contributed by atoms with Gasteiger partial charge in [-0.1, -0.05) is 18.2 Å². The van der Waals surface area contributed by atoms with Gasteiger partial charge in [-0.15, -0.1) is 0 Å². The molecule has 3 rings (SSSR count). The number of benzene rings is 2. The van der Waals surface area contributed by atoms with Gasteiger partial charge in [-0.3, -0.25) is 9.79 Å². The first-order chi connectivity index (χ1) is 15.2. The molecule has 1 aliphatic heterocycles. The number of carbonyl (C=O) groups is 2. The van der Waals surface area contributed by atoms with Crippen LogP contribution in [-0.4, -0.2) is 36.0 Å². The van der Waals surface area contributed by atoms with Crippen LogP contribution in [-0.2, 0) is 17.5 Å². The van der Waals surface area contributed by atoms with Gasteiger partial charge >= 0.3 is 12.1 Å². The average Bonchev–Trinajstić information content (AvgIpc) is 2.76. The minimum absolute atomic E-state index is 0.0564. The van der Waals surface area contributed by atoms with Crippen molar-refractivity contribution in [1.29, 1.82) is 0 Å². The predicted molar refractivity (Wildman–Crippen MR) is 114 cm³/mol. The number of nitrogens with zero attached hydrogens (tertiary/aromatic N) is 1. The minimum atomic E-state index is -4.63. The number of guanidine groups is 1. The summed E-state index contributed by atoms with van der Waals surface area (Å²) in [6.45, 7) is 1.27. The Kier molecular flexibility index (Phi) is 7.14. The average molecular weight is 446 g/mol. The van der Waals surface area contributed by atoms with E-state index in [-0.39, 0.29) is 17.8 Å². The molecule has 2 aromatic rings. The Hall–Kier alpha value is -3.82. The van der Waals surface area contributed by atoms with Crippen LogP contribution in [0.4, 0.5) is 18.9 Å². The van der Waals surface area contributed by atoms with Crippen molar-refractivity contribution >= 4 is 29.6 Å². The van der Waals surface area contributed by atoms with Crippen LogP contribution in [0, 0.1) is 0 Å². The monoisotopic (exact) mass is 446 g/mol. The number of alkyl halides is 3. The van der Waals surface area contributed by atoms with Crippen LogP contribution in [0.5, 0.6) is 0 Å². The van der Waals surface area contributed by atoms with Gasteiger partial charge < -0.3 is 21.1 Å². The maximum atomic E-state index is 13.4. The molecule has 32 heavy (non-hydrogen) atoms. The van der Waals surface area contributed by atoms with E-state index in [1.165, 1.54) is 12.1 Å². The third-order valence-electron chi connectivity index (χ3n) is 4.50. The molecule has 0 saturated carbocycles. The molecular formula is C22H21F3N4O3. The van der Waals surface area contributed by atoms with E-state index in [4.69, 9.17) is 5.11 Å². The molecule has 0 fully saturated rings. The lowest BCUT2D eigenvalue weighted by molar-refractivity contribution is -0.137. The molecule has 0 atom stereocenters. The van der Waals surface area contributed by atoms with Crippen molar-refractivity contribution in [2.24, 2.45) is 4.99 Å². The second-order valence-corrected chi connectivity index (χ2v) is 7.03. The van der Waals surface area contributed by atoms with E-state index < -0.39 is 23.6 Å². The number of nitrogens with one attached hydrogen (secondary N) is 3. The van der Waals surface area contributed by atoms with E-state index in [0.29, 0.717) is 30.2 Å². The Balaban J connectivity index is 1.76. The molecule has 0 aromatic heterocycles. The predicted octanol–water partition coefficient (Wildman–Crippen LogP) is 3.49. The fraction of sp³-hybridized carbons (Fsp3) is 0.227. The highest BCUT2D eigenvalue weighted by atomic mass is 19.4. The van der Waals surface area contributed by atoms with Crippen LogP contribution in [0.3, 0.4) is 0 Å². The first kappa shape index (κ1) is 22.9. The standard InChI is InChI=1S/C22H21F3N4O3/c23-22(24,25)17-10-16(11-18(12-17)29-21-26-7-2-8-27-21)20(32)28-13-15-4-1-3-14(9-15)5-6-19(30)31/h1,3-6,9-12H,2,7-8,13H2,(H,28,32)(H,30,31)(H2,26,27,29). The number of carbonyl (C=O) groups excluding carboxylic acids is 1.